The van der Waals surface area contributed by atoms with E-state index in [1.807, 2.05) is 0 Å². The highest BCUT2D eigenvalue weighted by atomic mass is 28.1. The Morgan fingerprint density at radius 2 is 1.83 bits per heavy atom. The van der Waals surface area contributed by atoms with Gasteiger partial charge in [0.25, 0.3) is 0 Å². The van der Waals surface area contributed by atoms with E-state index in [1.165, 1.54) is 0 Å². The van der Waals surface area contributed by atoms with Gasteiger partial charge in [0, 0.05) is 7.11 Å². The monoisotopic (exact) mass is 190 g/mol. The fraction of sp³-hybridized carbons (Fsp3) is 0.750. The molecule has 0 amide bonds. The highest BCUT2D eigenvalue weighted by Gasteiger charge is 2.14. The first kappa shape index (κ1) is 11.5. The molecular weight excluding hydrogens is 172 g/mol. The van der Waals surface area contributed by atoms with Gasteiger partial charge in [0.05, 0.1) is 24.5 Å². The van der Waals surface area contributed by atoms with Crippen molar-refractivity contribution in [2.45, 2.75) is 19.4 Å². The summed E-state index contributed by atoms with van der Waals surface area (Å²) in [5.41, 5.74) is 0. The van der Waals surface area contributed by atoms with Crippen LogP contribution < -0.4 is 0 Å². The zero-order valence-corrected chi connectivity index (χ0v) is 10.5. The Morgan fingerprint density at radius 3 is 2.08 bits per heavy atom. The summed E-state index contributed by atoms with van der Waals surface area (Å²) in [6.45, 7) is 2.05. The van der Waals surface area contributed by atoms with Crippen LogP contribution in [-0.2, 0) is 14.2 Å². The second kappa shape index (κ2) is 6.08. The molecule has 0 spiro atoms. The summed E-state index contributed by atoms with van der Waals surface area (Å²) >= 11 is 0. The molecule has 0 rings (SSSR count). The Labute approximate surface area is 77.1 Å². The summed E-state index contributed by atoms with van der Waals surface area (Å²) < 4.78 is 15.6. The summed E-state index contributed by atoms with van der Waals surface area (Å²) in [5.74, 6) is 0.828. The van der Waals surface area contributed by atoms with E-state index in [0.29, 0.717) is 0 Å². The van der Waals surface area contributed by atoms with Crippen LogP contribution in [0.1, 0.15) is 13.3 Å². The average molecular weight is 190 g/mol. The maximum absolute atomic E-state index is 5.23. The molecular formula is C8H18O3Si. The number of ether oxygens (including phenoxy) is 3. The lowest BCUT2D eigenvalue weighted by Gasteiger charge is -2.18. The SMILES string of the molecule is CCC(OC)C(OC)=C([SiH3])OC. The molecule has 0 fully saturated rings. The van der Waals surface area contributed by atoms with Crippen molar-refractivity contribution in [3.05, 3.63) is 11.1 Å². The molecule has 0 heterocycles. The molecule has 0 N–H and O–H groups in total. The molecule has 0 aromatic heterocycles. The molecule has 0 aromatic rings. The van der Waals surface area contributed by atoms with Gasteiger partial charge in [0.15, 0.2) is 5.76 Å². The Morgan fingerprint density at radius 1 is 1.25 bits per heavy atom. The van der Waals surface area contributed by atoms with Gasteiger partial charge >= 0.3 is 0 Å². The fourth-order valence-corrected chi connectivity index (χ4v) is 1.59. The molecule has 0 saturated carbocycles. The van der Waals surface area contributed by atoms with Crippen molar-refractivity contribution >= 4 is 10.2 Å². The highest BCUT2D eigenvalue weighted by Crippen LogP contribution is 2.14. The van der Waals surface area contributed by atoms with Crippen molar-refractivity contribution in [2.24, 2.45) is 0 Å². The predicted molar refractivity (Wildman–Crippen MR) is 52.1 cm³/mol. The molecule has 3 nitrogen and oxygen atoms in total. The lowest BCUT2D eigenvalue weighted by atomic mass is 10.2. The largest absolute Gasteiger partial charge is 0.504 e. The lowest BCUT2D eigenvalue weighted by Crippen LogP contribution is -2.17. The van der Waals surface area contributed by atoms with Gasteiger partial charge in [-0.15, -0.1) is 0 Å². The normalized spacial score (nSPS) is 15.3. The van der Waals surface area contributed by atoms with E-state index in [4.69, 9.17) is 14.2 Å². The van der Waals surface area contributed by atoms with Crippen LogP contribution in [0, 0.1) is 0 Å². The van der Waals surface area contributed by atoms with Crippen molar-refractivity contribution in [1.82, 2.24) is 0 Å². The Bertz CT molecular complexity index is 152. The molecule has 0 radical (unpaired) electrons. The second-order valence-electron chi connectivity index (χ2n) is 2.46. The summed E-state index contributed by atoms with van der Waals surface area (Å²) in [4.78, 5) is 0. The first-order chi connectivity index (χ1) is 5.71. The molecule has 0 aliphatic heterocycles. The van der Waals surface area contributed by atoms with Crippen LogP contribution in [0.5, 0.6) is 0 Å². The number of hydrogen-bond acceptors (Lipinski definition) is 3. The Kier molecular flexibility index (Phi) is 5.83. The molecule has 12 heavy (non-hydrogen) atoms. The van der Waals surface area contributed by atoms with Gasteiger partial charge < -0.3 is 14.2 Å². The van der Waals surface area contributed by atoms with Crippen molar-refractivity contribution < 1.29 is 14.2 Å². The first-order valence-corrected chi connectivity index (χ1v) is 5.02. The minimum atomic E-state index is 0.0300. The highest BCUT2D eigenvalue weighted by molar-refractivity contribution is 6.20. The van der Waals surface area contributed by atoms with Crippen molar-refractivity contribution in [3.8, 4) is 0 Å². The first-order valence-electron chi connectivity index (χ1n) is 4.02. The van der Waals surface area contributed by atoms with Gasteiger partial charge in [0.2, 0.25) is 0 Å². The molecule has 1 atom stereocenters. The van der Waals surface area contributed by atoms with Crippen LogP contribution in [0.25, 0.3) is 0 Å². The molecule has 0 aliphatic rings. The Balaban J connectivity index is 4.50. The van der Waals surface area contributed by atoms with Crippen LogP contribution in [-0.4, -0.2) is 37.7 Å². The van der Waals surface area contributed by atoms with Crippen LogP contribution in [0.15, 0.2) is 11.1 Å². The summed E-state index contributed by atoms with van der Waals surface area (Å²) in [7, 11) is 5.82. The maximum Gasteiger partial charge on any atom is 0.156 e. The van der Waals surface area contributed by atoms with Crippen molar-refractivity contribution in [1.29, 1.82) is 0 Å². The van der Waals surface area contributed by atoms with Crippen LogP contribution in [0.3, 0.4) is 0 Å². The lowest BCUT2D eigenvalue weighted by molar-refractivity contribution is 0.0676. The third kappa shape index (κ3) is 2.87. The van der Waals surface area contributed by atoms with E-state index in [2.05, 4.69) is 6.92 Å². The third-order valence-corrected chi connectivity index (χ3v) is 2.72. The van der Waals surface area contributed by atoms with E-state index < -0.39 is 0 Å². The van der Waals surface area contributed by atoms with E-state index in [9.17, 15) is 0 Å². The van der Waals surface area contributed by atoms with Gasteiger partial charge in [-0.3, -0.25) is 0 Å². The number of methoxy groups -OCH3 is 3. The summed E-state index contributed by atoms with van der Waals surface area (Å²) in [5, 5.41) is 0.909. The topological polar surface area (TPSA) is 27.7 Å². The van der Waals surface area contributed by atoms with E-state index >= 15 is 0 Å². The van der Waals surface area contributed by atoms with E-state index in [-0.39, 0.29) is 6.10 Å². The van der Waals surface area contributed by atoms with Crippen molar-refractivity contribution in [2.75, 3.05) is 21.3 Å². The van der Waals surface area contributed by atoms with Gasteiger partial charge in [-0.25, -0.2) is 0 Å². The smallest absolute Gasteiger partial charge is 0.156 e. The number of hydrogen-bond donors (Lipinski definition) is 0. The molecule has 0 aromatic carbocycles. The third-order valence-electron chi connectivity index (χ3n) is 1.82. The molecule has 1 unspecified atom stereocenters. The van der Waals surface area contributed by atoms with E-state index in [0.717, 1.165) is 27.8 Å². The maximum atomic E-state index is 5.23. The van der Waals surface area contributed by atoms with Gasteiger partial charge in [-0.2, -0.15) is 0 Å². The average Bonchev–Trinajstić information content (AvgIpc) is 2.12. The molecule has 72 valence electrons. The van der Waals surface area contributed by atoms with Crippen LogP contribution >= 0.6 is 0 Å². The Hall–Kier alpha value is -0.483. The zero-order valence-electron chi connectivity index (χ0n) is 8.51. The standard InChI is InChI=1S/C8H18O3Si/c1-5-6(9-2)7(10-3)8(12)11-4/h6H,5H2,1-4,12H3. The fourth-order valence-electron chi connectivity index (χ4n) is 1.06. The van der Waals surface area contributed by atoms with Crippen LogP contribution in [0.4, 0.5) is 0 Å². The molecule has 0 bridgehead atoms. The minimum Gasteiger partial charge on any atom is -0.504 e. The van der Waals surface area contributed by atoms with Gasteiger partial charge in [-0.1, -0.05) is 6.92 Å². The minimum absolute atomic E-state index is 0.0300. The number of rotatable bonds is 5. The van der Waals surface area contributed by atoms with Crippen LogP contribution in [0.2, 0.25) is 0 Å². The quantitative estimate of drug-likeness (QED) is 0.459. The second-order valence-corrected chi connectivity index (χ2v) is 3.37. The predicted octanol–water partition coefficient (Wildman–Crippen LogP) is 0.239. The molecule has 0 saturated heterocycles. The van der Waals surface area contributed by atoms with Crippen molar-refractivity contribution in [3.63, 3.8) is 0 Å². The molecule has 0 aliphatic carbocycles. The van der Waals surface area contributed by atoms with Gasteiger partial charge in [0.1, 0.15) is 11.5 Å². The summed E-state index contributed by atoms with van der Waals surface area (Å²) in [6, 6.07) is 0. The molecule has 4 heteroatoms. The summed E-state index contributed by atoms with van der Waals surface area (Å²) in [6.07, 6.45) is 0.928. The van der Waals surface area contributed by atoms with E-state index in [1.54, 1.807) is 21.3 Å². The zero-order chi connectivity index (χ0) is 9.56. The van der Waals surface area contributed by atoms with Gasteiger partial charge in [-0.05, 0) is 6.42 Å².